The Morgan fingerprint density at radius 3 is 2.79 bits per heavy atom. The predicted molar refractivity (Wildman–Crippen MR) is 79.1 cm³/mol. The molecule has 1 fully saturated rings. The highest BCUT2D eigenvalue weighted by Crippen LogP contribution is 2.26. The molecule has 1 aliphatic rings. The molecule has 3 nitrogen and oxygen atoms in total. The molecule has 104 valence electrons. The van der Waals surface area contributed by atoms with Crippen LogP contribution in [0.1, 0.15) is 42.5 Å². The fourth-order valence-electron chi connectivity index (χ4n) is 2.61. The van der Waals surface area contributed by atoms with E-state index >= 15 is 0 Å². The molecule has 2 N–H and O–H groups in total. The normalized spacial score (nSPS) is 18.0. The van der Waals surface area contributed by atoms with Crippen molar-refractivity contribution in [3.8, 4) is 0 Å². The Kier molecular flexibility index (Phi) is 5.40. The molecule has 1 aliphatic carbocycles. The summed E-state index contributed by atoms with van der Waals surface area (Å²) < 4.78 is 0.882. The van der Waals surface area contributed by atoms with E-state index in [9.17, 15) is 9.90 Å². The lowest BCUT2D eigenvalue weighted by molar-refractivity contribution is 0.0738. The van der Waals surface area contributed by atoms with Gasteiger partial charge in [0.2, 0.25) is 0 Å². The Morgan fingerprint density at radius 2 is 2.11 bits per heavy atom. The number of aliphatic hydroxyl groups excluding tert-OH is 1. The largest absolute Gasteiger partial charge is 0.391 e. The Hall–Kier alpha value is -0.870. The van der Waals surface area contributed by atoms with Crippen molar-refractivity contribution in [2.75, 3.05) is 6.54 Å². The van der Waals surface area contributed by atoms with Crippen molar-refractivity contribution in [2.24, 2.45) is 5.92 Å². The molecule has 0 bridgehead atoms. The Labute approximate surface area is 122 Å². The third kappa shape index (κ3) is 4.32. The summed E-state index contributed by atoms with van der Waals surface area (Å²) in [7, 11) is 0. The maximum atomic E-state index is 11.9. The number of hydrogen-bond donors (Lipinski definition) is 2. The van der Waals surface area contributed by atoms with Gasteiger partial charge in [-0.2, -0.15) is 0 Å². The molecule has 0 saturated heterocycles. The number of hydrogen-bond acceptors (Lipinski definition) is 2. The van der Waals surface area contributed by atoms with Crippen molar-refractivity contribution < 1.29 is 9.90 Å². The molecule has 1 aromatic rings. The van der Waals surface area contributed by atoms with Crippen LogP contribution in [0.15, 0.2) is 28.7 Å². The van der Waals surface area contributed by atoms with Gasteiger partial charge in [-0.3, -0.25) is 4.79 Å². The molecule has 0 spiro atoms. The molecule has 0 aliphatic heterocycles. The standard InChI is InChI=1S/C15H20BrNO2/c16-13-8-4-7-12(9-13)15(19)17-10-14(18)11-5-2-1-3-6-11/h4,7-9,11,14,18H,1-3,5-6,10H2,(H,17,19). The number of amides is 1. The van der Waals surface area contributed by atoms with E-state index in [1.165, 1.54) is 19.3 Å². The van der Waals surface area contributed by atoms with Crippen LogP contribution in [0.5, 0.6) is 0 Å². The second-order valence-corrected chi connectivity index (χ2v) is 6.10. The molecule has 0 heterocycles. The van der Waals surface area contributed by atoms with Crippen molar-refractivity contribution >= 4 is 21.8 Å². The van der Waals surface area contributed by atoms with Gasteiger partial charge in [-0.1, -0.05) is 41.3 Å². The van der Waals surface area contributed by atoms with Crippen molar-refractivity contribution in [3.05, 3.63) is 34.3 Å². The van der Waals surface area contributed by atoms with Gasteiger partial charge in [-0.05, 0) is 37.0 Å². The second kappa shape index (κ2) is 7.06. The molecule has 0 radical (unpaired) electrons. The minimum absolute atomic E-state index is 0.129. The smallest absolute Gasteiger partial charge is 0.251 e. The molecular weight excluding hydrogens is 306 g/mol. The van der Waals surface area contributed by atoms with E-state index in [4.69, 9.17) is 0 Å². The third-order valence-corrected chi connectivity index (χ3v) is 4.25. The second-order valence-electron chi connectivity index (χ2n) is 5.19. The van der Waals surface area contributed by atoms with E-state index in [1.807, 2.05) is 12.1 Å². The number of rotatable bonds is 4. The first-order valence-electron chi connectivity index (χ1n) is 6.88. The summed E-state index contributed by atoms with van der Waals surface area (Å²) in [5.74, 6) is 0.215. The first-order valence-corrected chi connectivity index (χ1v) is 7.68. The minimum atomic E-state index is -0.420. The van der Waals surface area contributed by atoms with Crippen LogP contribution < -0.4 is 5.32 Å². The van der Waals surface area contributed by atoms with E-state index in [1.54, 1.807) is 12.1 Å². The van der Waals surface area contributed by atoms with E-state index in [-0.39, 0.29) is 5.91 Å². The molecule has 19 heavy (non-hydrogen) atoms. The predicted octanol–water partition coefficient (Wildman–Crippen LogP) is 3.12. The van der Waals surface area contributed by atoms with Crippen LogP contribution in [0.2, 0.25) is 0 Å². The fraction of sp³-hybridized carbons (Fsp3) is 0.533. The summed E-state index contributed by atoms with van der Waals surface area (Å²) >= 11 is 3.34. The Morgan fingerprint density at radius 1 is 1.37 bits per heavy atom. The molecule has 1 saturated carbocycles. The topological polar surface area (TPSA) is 49.3 Å². The van der Waals surface area contributed by atoms with Gasteiger partial charge in [0.15, 0.2) is 0 Å². The van der Waals surface area contributed by atoms with Gasteiger partial charge in [-0.15, -0.1) is 0 Å². The summed E-state index contributed by atoms with van der Waals surface area (Å²) in [6, 6.07) is 7.26. The van der Waals surface area contributed by atoms with Crippen molar-refractivity contribution in [2.45, 2.75) is 38.2 Å². The van der Waals surface area contributed by atoms with Crippen LogP contribution in [-0.2, 0) is 0 Å². The molecule has 1 atom stereocenters. The fourth-order valence-corrected chi connectivity index (χ4v) is 3.01. The maximum absolute atomic E-state index is 11.9. The van der Waals surface area contributed by atoms with Crippen molar-refractivity contribution in [3.63, 3.8) is 0 Å². The first kappa shape index (κ1) is 14.5. The van der Waals surface area contributed by atoms with Crippen molar-refractivity contribution in [1.29, 1.82) is 0 Å². The van der Waals surface area contributed by atoms with Gasteiger partial charge in [0.05, 0.1) is 6.10 Å². The van der Waals surface area contributed by atoms with Gasteiger partial charge in [-0.25, -0.2) is 0 Å². The summed E-state index contributed by atoms with van der Waals surface area (Å²) in [5.41, 5.74) is 0.616. The van der Waals surface area contributed by atoms with Crippen LogP contribution in [-0.4, -0.2) is 23.7 Å². The van der Waals surface area contributed by atoms with E-state index in [0.717, 1.165) is 17.3 Å². The van der Waals surface area contributed by atoms with E-state index < -0.39 is 6.10 Å². The van der Waals surface area contributed by atoms with Crippen molar-refractivity contribution in [1.82, 2.24) is 5.32 Å². The summed E-state index contributed by atoms with van der Waals surface area (Å²) in [6.07, 6.45) is 5.40. The highest BCUT2D eigenvalue weighted by molar-refractivity contribution is 9.10. The van der Waals surface area contributed by atoms with Crippen LogP contribution in [0.25, 0.3) is 0 Å². The van der Waals surface area contributed by atoms with E-state index in [2.05, 4.69) is 21.2 Å². The van der Waals surface area contributed by atoms with Gasteiger partial charge in [0.25, 0.3) is 5.91 Å². The van der Waals surface area contributed by atoms with Crippen LogP contribution in [0, 0.1) is 5.92 Å². The minimum Gasteiger partial charge on any atom is -0.391 e. The summed E-state index contributed by atoms with van der Waals surface area (Å²) in [5, 5.41) is 12.9. The summed E-state index contributed by atoms with van der Waals surface area (Å²) in [4.78, 5) is 11.9. The number of nitrogens with one attached hydrogen (secondary N) is 1. The molecule has 2 rings (SSSR count). The molecule has 4 heteroatoms. The summed E-state index contributed by atoms with van der Waals surface area (Å²) in [6.45, 7) is 0.343. The number of aliphatic hydroxyl groups is 1. The van der Waals surface area contributed by atoms with Gasteiger partial charge < -0.3 is 10.4 Å². The first-order chi connectivity index (χ1) is 9.16. The zero-order valence-electron chi connectivity index (χ0n) is 10.9. The third-order valence-electron chi connectivity index (χ3n) is 3.75. The Bertz CT molecular complexity index is 430. The van der Waals surface area contributed by atoms with Crippen LogP contribution in [0.4, 0.5) is 0 Å². The number of carbonyl (C=O) groups is 1. The van der Waals surface area contributed by atoms with Crippen LogP contribution in [0.3, 0.4) is 0 Å². The van der Waals surface area contributed by atoms with Gasteiger partial charge in [0, 0.05) is 16.6 Å². The SMILES string of the molecule is O=C(NCC(O)C1CCCCC1)c1cccc(Br)c1. The number of carbonyl (C=O) groups excluding carboxylic acids is 1. The lowest BCUT2D eigenvalue weighted by Crippen LogP contribution is -2.37. The molecule has 0 aromatic heterocycles. The monoisotopic (exact) mass is 325 g/mol. The van der Waals surface area contributed by atoms with E-state index in [0.29, 0.717) is 18.0 Å². The van der Waals surface area contributed by atoms with Crippen LogP contribution >= 0.6 is 15.9 Å². The molecule has 1 amide bonds. The lowest BCUT2D eigenvalue weighted by Gasteiger charge is -2.26. The maximum Gasteiger partial charge on any atom is 0.251 e. The highest BCUT2D eigenvalue weighted by atomic mass is 79.9. The Balaban J connectivity index is 1.82. The molecular formula is C15H20BrNO2. The zero-order chi connectivity index (χ0) is 13.7. The average molecular weight is 326 g/mol. The van der Waals surface area contributed by atoms with Gasteiger partial charge >= 0.3 is 0 Å². The number of halogens is 1. The number of benzene rings is 1. The zero-order valence-corrected chi connectivity index (χ0v) is 12.5. The molecule has 1 unspecified atom stereocenters. The highest BCUT2D eigenvalue weighted by Gasteiger charge is 2.22. The van der Waals surface area contributed by atoms with Gasteiger partial charge in [0.1, 0.15) is 0 Å². The lowest BCUT2D eigenvalue weighted by atomic mass is 9.85. The average Bonchev–Trinajstić information content (AvgIpc) is 2.45. The quantitative estimate of drug-likeness (QED) is 0.893. The molecule has 1 aromatic carbocycles.